The van der Waals surface area contributed by atoms with Crippen LogP contribution >= 0.6 is 0 Å². The van der Waals surface area contributed by atoms with Crippen molar-refractivity contribution in [2.45, 2.75) is 25.1 Å². The zero-order chi connectivity index (χ0) is 17.6. The highest BCUT2D eigenvalue weighted by atomic mass is 16.5. The lowest BCUT2D eigenvalue weighted by molar-refractivity contribution is -0.144. The number of para-hydroxylation sites is 1. The summed E-state index contributed by atoms with van der Waals surface area (Å²) in [6, 6.07) is 17.7. The fourth-order valence-electron chi connectivity index (χ4n) is 4.11. The van der Waals surface area contributed by atoms with Crippen molar-refractivity contribution in [2.24, 2.45) is 0 Å². The second-order valence-electron chi connectivity index (χ2n) is 6.53. The van der Waals surface area contributed by atoms with Gasteiger partial charge in [0.05, 0.1) is 13.2 Å². The Morgan fingerprint density at radius 2 is 1.76 bits per heavy atom. The molecule has 2 heterocycles. The minimum Gasteiger partial charge on any atom is -0.486 e. The first-order chi connectivity index (χ1) is 12.1. The van der Waals surface area contributed by atoms with Crippen LogP contribution in [-0.4, -0.2) is 37.2 Å². The van der Waals surface area contributed by atoms with Crippen LogP contribution in [0.2, 0.25) is 0 Å². The molecule has 0 aromatic heterocycles. The number of carbonyl (C=O) groups is 1. The second-order valence-corrected chi connectivity index (χ2v) is 6.53. The Balaban J connectivity index is 1.96. The van der Waals surface area contributed by atoms with Gasteiger partial charge in [-0.05, 0) is 36.7 Å². The first-order valence-corrected chi connectivity index (χ1v) is 8.48. The van der Waals surface area contributed by atoms with Crippen molar-refractivity contribution in [3.63, 3.8) is 0 Å². The molecule has 128 valence electrons. The summed E-state index contributed by atoms with van der Waals surface area (Å²) >= 11 is 0. The number of hydrogen-bond donors (Lipinski definition) is 0. The van der Waals surface area contributed by atoms with E-state index < -0.39 is 6.04 Å². The summed E-state index contributed by atoms with van der Waals surface area (Å²) in [5.41, 5.74) is 4.28. The van der Waals surface area contributed by atoms with E-state index in [0.29, 0.717) is 0 Å². The van der Waals surface area contributed by atoms with Gasteiger partial charge in [-0.15, -0.1) is 0 Å². The number of fused-ring (bicyclic) bond motifs is 3. The molecule has 4 rings (SSSR count). The predicted octanol–water partition coefficient (Wildman–Crippen LogP) is 3.45. The molecule has 3 atom stereocenters. The number of likely N-dealkylation sites (N-methyl/N-ethyl adjacent to an activating group) is 1. The van der Waals surface area contributed by atoms with Crippen LogP contribution in [0, 0.1) is 0 Å². The molecule has 0 saturated carbocycles. The van der Waals surface area contributed by atoms with Gasteiger partial charge in [0.2, 0.25) is 0 Å². The number of nitrogens with zero attached hydrogens (tertiary/aromatic N) is 1. The third kappa shape index (κ3) is 2.36. The highest BCUT2D eigenvalue weighted by Crippen LogP contribution is 2.51. The van der Waals surface area contributed by atoms with Gasteiger partial charge >= 0.3 is 5.97 Å². The molecule has 25 heavy (non-hydrogen) atoms. The maximum Gasteiger partial charge on any atom is 0.327 e. The summed E-state index contributed by atoms with van der Waals surface area (Å²) in [6.45, 7) is 2.05. The van der Waals surface area contributed by atoms with Crippen molar-refractivity contribution in [3.05, 3.63) is 71.3 Å². The van der Waals surface area contributed by atoms with Gasteiger partial charge < -0.3 is 9.47 Å². The molecule has 0 unspecified atom stereocenters. The molecule has 0 radical (unpaired) electrons. The van der Waals surface area contributed by atoms with Crippen molar-refractivity contribution < 1.29 is 14.3 Å². The Hall–Kier alpha value is -2.59. The summed E-state index contributed by atoms with van der Waals surface area (Å²) in [5, 5.41) is 0. The van der Waals surface area contributed by atoms with Gasteiger partial charge in [-0.25, -0.2) is 4.79 Å². The van der Waals surface area contributed by atoms with Gasteiger partial charge in [0.15, 0.2) is 0 Å². The number of hydrogen-bond acceptors (Lipinski definition) is 4. The number of esters is 1. The smallest absolute Gasteiger partial charge is 0.327 e. The van der Waals surface area contributed by atoms with Crippen LogP contribution in [0.15, 0.2) is 60.2 Å². The van der Waals surface area contributed by atoms with Crippen molar-refractivity contribution in [1.29, 1.82) is 0 Å². The van der Waals surface area contributed by atoms with Crippen LogP contribution in [0.3, 0.4) is 0 Å². The van der Waals surface area contributed by atoms with E-state index in [0.717, 1.165) is 28.0 Å². The molecule has 0 saturated heterocycles. The molecule has 0 N–H and O–H groups in total. The van der Waals surface area contributed by atoms with Crippen molar-refractivity contribution in [3.8, 4) is 5.75 Å². The average molecular weight is 335 g/mol. The molecular weight excluding hydrogens is 314 g/mol. The van der Waals surface area contributed by atoms with Gasteiger partial charge in [-0.1, -0.05) is 48.5 Å². The quantitative estimate of drug-likeness (QED) is 0.788. The number of benzene rings is 2. The predicted molar refractivity (Wildman–Crippen MR) is 96.2 cm³/mol. The van der Waals surface area contributed by atoms with Crippen molar-refractivity contribution in [1.82, 2.24) is 4.90 Å². The number of carbonyl (C=O) groups excluding carboxylic acids is 1. The van der Waals surface area contributed by atoms with Crippen LogP contribution in [0.25, 0.3) is 5.57 Å². The highest BCUT2D eigenvalue weighted by Gasteiger charge is 2.48. The van der Waals surface area contributed by atoms with Crippen LogP contribution in [0.4, 0.5) is 0 Å². The van der Waals surface area contributed by atoms with E-state index in [1.54, 1.807) is 0 Å². The lowest BCUT2D eigenvalue weighted by atomic mass is 9.88. The fraction of sp³-hybridized carbons (Fsp3) is 0.286. The normalized spacial score (nSPS) is 25.2. The first kappa shape index (κ1) is 15.9. The second kappa shape index (κ2) is 6.05. The standard InChI is InChI=1S/C21H21NO3/c1-13-17-18(14-9-5-4-6-10-14)20(21(23)24-3)22(2)19(17)15-11-7-8-12-16(15)25-13/h4-13,19-20H,1-3H3/t13-,19+,20-/m0/s1. The largest absolute Gasteiger partial charge is 0.486 e. The van der Waals surface area contributed by atoms with Crippen LogP contribution in [-0.2, 0) is 9.53 Å². The minimum atomic E-state index is -0.440. The lowest BCUT2D eigenvalue weighted by Gasteiger charge is -2.34. The zero-order valence-electron chi connectivity index (χ0n) is 14.6. The van der Waals surface area contributed by atoms with Gasteiger partial charge in [0.1, 0.15) is 17.9 Å². The number of methoxy groups -OCH3 is 1. The molecule has 4 nitrogen and oxygen atoms in total. The van der Waals surface area contributed by atoms with Gasteiger partial charge in [-0.3, -0.25) is 4.90 Å². The topological polar surface area (TPSA) is 38.8 Å². The molecule has 0 amide bonds. The maximum absolute atomic E-state index is 12.6. The van der Waals surface area contributed by atoms with Gasteiger partial charge in [-0.2, -0.15) is 0 Å². The molecule has 4 heteroatoms. The molecule has 0 spiro atoms. The molecule has 0 aliphatic carbocycles. The van der Waals surface area contributed by atoms with Crippen LogP contribution in [0.1, 0.15) is 24.1 Å². The molecule has 0 bridgehead atoms. The molecule has 2 aliphatic heterocycles. The Kier molecular flexibility index (Phi) is 3.85. The Labute approximate surface area is 147 Å². The van der Waals surface area contributed by atoms with E-state index in [9.17, 15) is 4.79 Å². The summed E-state index contributed by atoms with van der Waals surface area (Å²) in [5.74, 6) is 0.640. The third-order valence-electron chi connectivity index (χ3n) is 5.16. The molecule has 0 fully saturated rings. The molecule has 2 aromatic carbocycles. The molecule has 2 aromatic rings. The minimum absolute atomic E-state index is 0.0132. The summed E-state index contributed by atoms with van der Waals surface area (Å²) in [7, 11) is 3.43. The summed E-state index contributed by atoms with van der Waals surface area (Å²) in [6.07, 6.45) is -0.104. The lowest BCUT2D eigenvalue weighted by Crippen LogP contribution is -2.38. The van der Waals surface area contributed by atoms with E-state index >= 15 is 0 Å². The number of ether oxygens (including phenoxy) is 2. The zero-order valence-corrected chi connectivity index (χ0v) is 14.6. The third-order valence-corrected chi connectivity index (χ3v) is 5.16. The SMILES string of the molecule is COC(=O)[C@@H]1C(c2ccccc2)=C2[C@H](C)Oc3ccccc3[C@H]2N1C. The Bertz CT molecular complexity index is 843. The van der Waals surface area contributed by atoms with E-state index in [4.69, 9.17) is 9.47 Å². The van der Waals surface area contributed by atoms with E-state index in [1.165, 1.54) is 7.11 Å². The van der Waals surface area contributed by atoms with Gasteiger partial charge in [0, 0.05) is 5.56 Å². The maximum atomic E-state index is 12.6. The van der Waals surface area contributed by atoms with Gasteiger partial charge in [0.25, 0.3) is 0 Å². The fourth-order valence-corrected chi connectivity index (χ4v) is 4.11. The Morgan fingerprint density at radius 3 is 2.48 bits per heavy atom. The number of rotatable bonds is 2. The molecule has 2 aliphatic rings. The van der Waals surface area contributed by atoms with Crippen LogP contribution < -0.4 is 4.74 Å². The first-order valence-electron chi connectivity index (χ1n) is 8.48. The van der Waals surface area contributed by atoms with E-state index in [-0.39, 0.29) is 18.1 Å². The van der Waals surface area contributed by atoms with Crippen molar-refractivity contribution in [2.75, 3.05) is 14.2 Å². The summed E-state index contributed by atoms with van der Waals surface area (Å²) in [4.78, 5) is 14.7. The van der Waals surface area contributed by atoms with Crippen molar-refractivity contribution >= 4 is 11.5 Å². The molecular formula is C21H21NO3. The Morgan fingerprint density at radius 1 is 1.08 bits per heavy atom. The highest BCUT2D eigenvalue weighted by molar-refractivity contribution is 5.96. The monoisotopic (exact) mass is 335 g/mol. The van der Waals surface area contributed by atoms with E-state index in [1.807, 2.05) is 55.6 Å². The van der Waals surface area contributed by atoms with Crippen LogP contribution in [0.5, 0.6) is 5.75 Å². The summed E-state index contributed by atoms with van der Waals surface area (Å²) < 4.78 is 11.3. The average Bonchev–Trinajstić information content (AvgIpc) is 2.96. The van der Waals surface area contributed by atoms with E-state index in [2.05, 4.69) is 17.9 Å².